The number of aliphatic imine (C=N–C) groups is 1. The maximum Gasteiger partial charge on any atom is 0.363 e. The van der Waals surface area contributed by atoms with E-state index >= 15 is 0 Å². The van der Waals surface area contributed by atoms with E-state index in [-0.39, 0.29) is 11.6 Å². The maximum absolute atomic E-state index is 12.4. The molecule has 9 heteroatoms. The molecule has 1 aliphatic rings. The standard InChI is InChI=1S/C25H17Cl2I2NO4/c1-2-32-22-11-15(9-20(29)23(22)33-13-14-4-3-5-17(28)8-14)10-21-25(31)34-24(30-21)16-6-7-18(26)19(27)12-16/h3-12H,2,13H2,1H3/b21-10-. The summed E-state index contributed by atoms with van der Waals surface area (Å²) in [4.78, 5) is 16.8. The highest BCUT2D eigenvalue weighted by atomic mass is 127. The van der Waals surface area contributed by atoms with Gasteiger partial charge in [0.05, 0.1) is 20.2 Å². The molecule has 0 atom stereocenters. The molecule has 0 amide bonds. The summed E-state index contributed by atoms with van der Waals surface area (Å²) in [5, 5.41) is 0.764. The number of nitrogens with zero attached hydrogens (tertiary/aromatic N) is 1. The van der Waals surface area contributed by atoms with E-state index in [9.17, 15) is 4.79 Å². The minimum atomic E-state index is -0.548. The largest absolute Gasteiger partial charge is 0.490 e. The van der Waals surface area contributed by atoms with Crippen molar-refractivity contribution in [2.75, 3.05) is 6.61 Å². The lowest BCUT2D eigenvalue weighted by Gasteiger charge is -2.15. The van der Waals surface area contributed by atoms with E-state index in [1.165, 1.54) is 0 Å². The summed E-state index contributed by atoms with van der Waals surface area (Å²) in [6.07, 6.45) is 1.65. The van der Waals surface area contributed by atoms with E-state index in [0.29, 0.717) is 40.3 Å². The number of hydrogen-bond donors (Lipinski definition) is 0. The van der Waals surface area contributed by atoms with Crippen LogP contribution in [0.4, 0.5) is 0 Å². The van der Waals surface area contributed by atoms with Crippen LogP contribution in [0.25, 0.3) is 6.08 Å². The SMILES string of the molecule is CCOc1cc(/C=C2\N=C(c3ccc(Cl)c(Cl)c3)OC2=O)cc(I)c1OCc1cccc(I)c1. The first kappa shape index (κ1) is 25.3. The highest BCUT2D eigenvalue weighted by molar-refractivity contribution is 14.1. The fraction of sp³-hybridized carbons (Fsp3) is 0.120. The normalized spacial score (nSPS) is 14.2. The summed E-state index contributed by atoms with van der Waals surface area (Å²) in [6, 6.07) is 16.8. The summed E-state index contributed by atoms with van der Waals surface area (Å²) in [5.41, 5.74) is 2.54. The number of esters is 1. The Morgan fingerprint density at radius 2 is 1.85 bits per heavy atom. The fourth-order valence-corrected chi connectivity index (χ4v) is 4.86. The van der Waals surface area contributed by atoms with Crippen LogP contribution in [0.3, 0.4) is 0 Å². The predicted octanol–water partition coefficient (Wildman–Crippen LogP) is 7.52. The zero-order chi connectivity index (χ0) is 24.2. The van der Waals surface area contributed by atoms with Crippen LogP contribution in [-0.2, 0) is 16.1 Å². The van der Waals surface area contributed by atoms with Crippen LogP contribution >= 0.6 is 68.4 Å². The van der Waals surface area contributed by atoms with Gasteiger partial charge in [-0.15, -0.1) is 0 Å². The Bertz CT molecular complexity index is 1320. The number of benzene rings is 3. The Morgan fingerprint density at radius 1 is 1.03 bits per heavy atom. The van der Waals surface area contributed by atoms with Crippen LogP contribution in [-0.4, -0.2) is 18.5 Å². The van der Waals surface area contributed by atoms with Crippen LogP contribution in [0.2, 0.25) is 10.0 Å². The molecule has 0 N–H and O–H groups in total. The molecule has 0 fully saturated rings. The van der Waals surface area contributed by atoms with Crippen LogP contribution in [0, 0.1) is 7.14 Å². The van der Waals surface area contributed by atoms with Crippen molar-refractivity contribution < 1.29 is 19.0 Å². The van der Waals surface area contributed by atoms with Gasteiger partial charge in [0.25, 0.3) is 0 Å². The van der Waals surface area contributed by atoms with Crippen molar-refractivity contribution in [1.29, 1.82) is 0 Å². The van der Waals surface area contributed by atoms with Gasteiger partial charge in [0.2, 0.25) is 5.90 Å². The van der Waals surface area contributed by atoms with Crippen molar-refractivity contribution >= 4 is 86.3 Å². The number of ether oxygens (including phenoxy) is 3. The van der Waals surface area contributed by atoms with E-state index < -0.39 is 5.97 Å². The molecule has 1 aliphatic heterocycles. The first-order valence-corrected chi connectivity index (χ1v) is 13.1. The lowest BCUT2D eigenvalue weighted by atomic mass is 10.1. The third-order valence-corrected chi connectivity index (χ3v) is 6.91. The van der Waals surface area contributed by atoms with Gasteiger partial charge in [-0.1, -0.05) is 35.3 Å². The lowest BCUT2D eigenvalue weighted by Crippen LogP contribution is -2.05. The Labute approximate surface area is 234 Å². The van der Waals surface area contributed by atoms with Crippen molar-refractivity contribution in [3.8, 4) is 11.5 Å². The molecule has 1 heterocycles. The second kappa shape index (κ2) is 11.3. The predicted molar refractivity (Wildman–Crippen MR) is 151 cm³/mol. The average Bonchev–Trinajstić information content (AvgIpc) is 3.15. The molecule has 0 bridgehead atoms. The average molecular weight is 720 g/mol. The van der Waals surface area contributed by atoms with E-state index in [1.807, 2.05) is 37.3 Å². The van der Waals surface area contributed by atoms with Gasteiger partial charge in [0.15, 0.2) is 17.2 Å². The van der Waals surface area contributed by atoms with E-state index in [0.717, 1.165) is 18.3 Å². The molecule has 34 heavy (non-hydrogen) atoms. The second-order valence-corrected chi connectivity index (χ2v) is 10.4. The first-order chi connectivity index (χ1) is 16.3. The second-order valence-electron chi connectivity index (χ2n) is 7.15. The number of hydrogen-bond acceptors (Lipinski definition) is 5. The van der Waals surface area contributed by atoms with E-state index in [2.05, 4.69) is 56.2 Å². The van der Waals surface area contributed by atoms with Crippen molar-refractivity contribution in [2.24, 2.45) is 4.99 Å². The molecule has 174 valence electrons. The molecule has 0 spiro atoms. The Kier molecular flexibility index (Phi) is 8.39. The van der Waals surface area contributed by atoms with Crippen molar-refractivity contribution in [3.63, 3.8) is 0 Å². The molecule has 3 aromatic carbocycles. The quantitative estimate of drug-likeness (QED) is 0.144. The number of rotatable bonds is 7. The minimum absolute atomic E-state index is 0.173. The summed E-state index contributed by atoms with van der Waals surface area (Å²) >= 11 is 16.5. The molecule has 0 aliphatic carbocycles. The molecule has 0 saturated carbocycles. The molecule has 0 radical (unpaired) electrons. The Balaban J connectivity index is 1.61. The lowest BCUT2D eigenvalue weighted by molar-refractivity contribution is -0.129. The third kappa shape index (κ3) is 6.05. The summed E-state index contributed by atoms with van der Waals surface area (Å²) in [6.45, 7) is 2.79. The highest BCUT2D eigenvalue weighted by Crippen LogP contribution is 2.36. The van der Waals surface area contributed by atoms with Gasteiger partial charge in [-0.3, -0.25) is 0 Å². The van der Waals surface area contributed by atoms with E-state index in [4.69, 9.17) is 37.4 Å². The zero-order valence-corrected chi connectivity index (χ0v) is 23.6. The van der Waals surface area contributed by atoms with Gasteiger partial charge >= 0.3 is 5.97 Å². The number of carbonyl (C=O) groups excluding carboxylic acids is 1. The molecular formula is C25H17Cl2I2NO4. The summed E-state index contributed by atoms with van der Waals surface area (Å²) in [5.74, 6) is 0.865. The van der Waals surface area contributed by atoms with Gasteiger partial charge in [-0.2, -0.15) is 0 Å². The van der Waals surface area contributed by atoms with Crippen molar-refractivity contribution in [1.82, 2.24) is 0 Å². The van der Waals surface area contributed by atoms with Crippen LogP contribution in [0.15, 0.2) is 65.3 Å². The maximum atomic E-state index is 12.4. The molecular weight excluding hydrogens is 703 g/mol. The smallest absolute Gasteiger partial charge is 0.363 e. The van der Waals surface area contributed by atoms with Gasteiger partial charge in [0.1, 0.15) is 6.61 Å². The van der Waals surface area contributed by atoms with Crippen LogP contribution < -0.4 is 9.47 Å². The first-order valence-electron chi connectivity index (χ1n) is 10.2. The van der Waals surface area contributed by atoms with Gasteiger partial charge in [-0.25, -0.2) is 9.79 Å². The fourth-order valence-electron chi connectivity index (χ4n) is 3.18. The topological polar surface area (TPSA) is 57.1 Å². The number of carbonyl (C=O) groups is 1. The molecule has 0 aromatic heterocycles. The minimum Gasteiger partial charge on any atom is -0.490 e. The molecule has 0 unspecified atom stereocenters. The van der Waals surface area contributed by atoms with Crippen molar-refractivity contribution in [2.45, 2.75) is 13.5 Å². The van der Waals surface area contributed by atoms with Gasteiger partial charge < -0.3 is 14.2 Å². The van der Waals surface area contributed by atoms with Crippen LogP contribution in [0.1, 0.15) is 23.6 Å². The summed E-state index contributed by atoms with van der Waals surface area (Å²) < 4.78 is 19.3. The third-order valence-electron chi connectivity index (χ3n) is 4.69. The van der Waals surface area contributed by atoms with Gasteiger partial charge in [0, 0.05) is 9.13 Å². The molecule has 5 nitrogen and oxygen atoms in total. The number of cyclic esters (lactones) is 1. The molecule has 0 saturated heterocycles. The monoisotopic (exact) mass is 719 g/mol. The van der Waals surface area contributed by atoms with Crippen molar-refractivity contribution in [3.05, 3.63) is 94.2 Å². The summed E-state index contributed by atoms with van der Waals surface area (Å²) in [7, 11) is 0. The zero-order valence-electron chi connectivity index (χ0n) is 17.8. The highest BCUT2D eigenvalue weighted by Gasteiger charge is 2.25. The Hall–Kier alpha value is -1.82. The Morgan fingerprint density at radius 3 is 2.59 bits per heavy atom. The molecule has 4 rings (SSSR count). The van der Waals surface area contributed by atoms with E-state index in [1.54, 1.807) is 24.3 Å². The number of halogens is 4. The molecule has 3 aromatic rings. The van der Waals surface area contributed by atoms with Crippen LogP contribution in [0.5, 0.6) is 11.5 Å². The van der Waals surface area contributed by atoms with Gasteiger partial charge in [-0.05, 0) is 112 Å².